The summed E-state index contributed by atoms with van der Waals surface area (Å²) in [7, 11) is -2.24. The molecule has 0 saturated carbocycles. The van der Waals surface area contributed by atoms with Crippen LogP contribution in [0.15, 0.2) is 75.9 Å². The summed E-state index contributed by atoms with van der Waals surface area (Å²) in [5, 5.41) is 5.07. The van der Waals surface area contributed by atoms with Crippen LogP contribution in [-0.2, 0) is 10.0 Å². The van der Waals surface area contributed by atoms with Crippen molar-refractivity contribution in [1.82, 2.24) is 4.98 Å². The summed E-state index contributed by atoms with van der Waals surface area (Å²) in [5.74, 6) is 0.0526. The molecule has 1 aliphatic heterocycles. The fraction of sp³-hybridized carbons (Fsp3) is 0.174. The van der Waals surface area contributed by atoms with Gasteiger partial charge < -0.3 is 0 Å². The first-order chi connectivity index (χ1) is 15.3. The average molecular weight is 467 g/mol. The molecule has 3 aromatic rings. The smallest absolute Gasteiger partial charge is 0.264 e. The SMILES string of the molecule is CC1C=NC(c2csc(NC(=O)c3ccc(S(=O)(=O)N(C)c4ccccc4)cc3)n2)=CC1. The second-order valence-electron chi connectivity index (χ2n) is 7.41. The molecule has 9 heteroatoms. The lowest BCUT2D eigenvalue weighted by Gasteiger charge is -2.19. The van der Waals surface area contributed by atoms with Crippen molar-refractivity contribution in [3.8, 4) is 0 Å². The number of aromatic nitrogens is 1. The molecule has 1 aliphatic rings. The zero-order chi connectivity index (χ0) is 22.7. The number of anilines is 2. The second kappa shape index (κ2) is 9.05. The summed E-state index contributed by atoms with van der Waals surface area (Å²) in [6.07, 6.45) is 4.85. The van der Waals surface area contributed by atoms with Crippen LogP contribution < -0.4 is 9.62 Å². The van der Waals surface area contributed by atoms with Gasteiger partial charge in [-0.2, -0.15) is 0 Å². The van der Waals surface area contributed by atoms with Gasteiger partial charge >= 0.3 is 0 Å². The lowest BCUT2D eigenvalue weighted by atomic mass is 10.1. The van der Waals surface area contributed by atoms with Gasteiger partial charge in [0.1, 0.15) is 5.69 Å². The highest BCUT2D eigenvalue weighted by Crippen LogP contribution is 2.26. The Morgan fingerprint density at radius 3 is 2.50 bits per heavy atom. The first-order valence-corrected chi connectivity index (χ1v) is 12.3. The highest BCUT2D eigenvalue weighted by atomic mass is 32.2. The van der Waals surface area contributed by atoms with E-state index in [4.69, 9.17) is 0 Å². The molecule has 2 heterocycles. The van der Waals surface area contributed by atoms with Crippen LogP contribution in [0.3, 0.4) is 0 Å². The topological polar surface area (TPSA) is 91.7 Å². The summed E-state index contributed by atoms with van der Waals surface area (Å²) < 4.78 is 27.0. The molecule has 0 radical (unpaired) electrons. The van der Waals surface area contributed by atoms with Gasteiger partial charge in [0.05, 0.1) is 16.3 Å². The molecule has 7 nitrogen and oxygen atoms in total. The van der Waals surface area contributed by atoms with Crippen LogP contribution in [0.5, 0.6) is 0 Å². The molecular weight excluding hydrogens is 444 g/mol. The van der Waals surface area contributed by atoms with Gasteiger partial charge in [0, 0.05) is 24.2 Å². The van der Waals surface area contributed by atoms with Gasteiger partial charge in [-0.05, 0) is 48.7 Å². The van der Waals surface area contributed by atoms with Crippen molar-refractivity contribution in [3.63, 3.8) is 0 Å². The van der Waals surface area contributed by atoms with Crippen molar-refractivity contribution < 1.29 is 13.2 Å². The lowest BCUT2D eigenvalue weighted by Crippen LogP contribution is -2.26. The molecule has 4 rings (SSSR count). The van der Waals surface area contributed by atoms with Crippen LogP contribution in [0.4, 0.5) is 10.8 Å². The van der Waals surface area contributed by atoms with E-state index in [2.05, 4.69) is 22.2 Å². The third-order valence-electron chi connectivity index (χ3n) is 5.03. The van der Waals surface area contributed by atoms with Crippen molar-refractivity contribution in [2.45, 2.75) is 18.2 Å². The van der Waals surface area contributed by atoms with E-state index in [1.165, 1.54) is 47.0 Å². The van der Waals surface area contributed by atoms with Gasteiger partial charge in [0.15, 0.2) is 5.13 Å². The number of aliphatic imine (C=N–C) groups is 1. The molecule has 0 spiro atoms. The Labute approximate surface area is 191 Å². The van der Waals surface area contributed by atoms with Crippen LogP contribution >= 0.6 is 11.3 Å². The predicted molar refractivity (Wildman–Crippen MR) is 129 cm³/mol. The number of sulfonamides is 1. The Balaban J connectivity index is 1.45. The number of nitrogens with one attached hydrogen (secondary N) is 1. The molecule has 2 aromatic carbocycles. The maximum Gasteiger partial charge on any atom is 0.264 e. The van der Waals surface area contributed by atoms with Crippen molar-refractivity contribution in [2.24, 2.45) is 10.9 Å². The van der Waals surface area contributed by atoms with Crippen molar-refractivity contribution in [3.05, 3.63) is 77.3 Å². The summed E-state index contributed by atoms with van der Waals surface area (Å²) in [5.41, 5.74) is 2.42. The fourth-order valence-electron chi connectivity index (χ4n) is 3.12. The number of hydrogen-bond donors (Lipinski definition) is 1. The van der Waals surface area contributed by atoms with Gasteiger partial charge in [0.25, 0.3) is 15.9 Å². The molecule has 164 valence electrons. The second-order valence-corrected chi connectivity index (χ2v) is 10.2. The number of nitrogens with zero attached hydrogens (tertiary/aromatic N) is 3. The normalized spacial score (nSPS) is 15.8. The number of allylic oxidation sites excluding steroid dienone is 1. The molecular formula is C23H22N4O3S2. The largest absolute Gasteiger partial charge is 0.298 e. The number of carbonyl (C=O) groups excluding carboxylic acids is 1. The maximum absolute atomic E-state index is 12.9. The van der Waals surface area contributed by atoms with E-state index in [0.717, 1.165) is 17.8 Å². The highest BCUT2D eigenvalue weighted by Gasteiger charge is 2.21. The first-order valence-electron chi connectivity index (χ1n) is 10.0. The molecule has 0 aliphatic carbocycles. The maximum atomic E-state index is 12.9. The number of thiazole rings is 1. The number of benzene rings is 2. The van der Waals surface area contributed by atoms with Crippen LogP contribution in [0, 0.1) is 5.92 Å². The zero-order valence-electron chi connectivity index (χ0n) is 17.6. The summed E-state index contributed by atoms with van der Waals surface area (Å²) in [6.45, 7) is 2.10. The lowest BCUT2D eigenvalue weighted by molar-refractivity contribution is 0.102. The third-order valence-corrected chi connectivity index (χ3v) is 7.59. The number of amides is 1. The molecule has 1 unspecified atom stereocenters. The number of carbonyl (C=O) groups is 1. The van der Waals surface area contributed by atoms with Crippen molar-refractivity contribution in [1.29, 1.82) is 0 Å². The van der Waals surface area contributed by atoms with Crippen LogP contribution in [0.1, 0.15) is 29.4 Å². The summed E-state index contributed by atoms with van der Waals surface area (Å²) in [6, 6.07) is 14.7. The predicted octanol–water partition coefficient (Wildman–Crippen LogP) is 4.67. The van der Waals surface area contributed by atoms with Crippen molar-refractivity contribution in [2.75, 3.05) is 16.7 Å². The number of rotatable bonds is 6. The minimum Gasteiger partial charge on any atom is -0.298 e. The van der Waals surface area contributed by atoms with E-state index in [1.807, 2.05) is 23.7 Å². The molecule has 0 bridgehead atoms. The van der Waals surface area contributed by atoms with E-state index in [9.17, 15) is 13.2 Å². The standard InChI is InChI=1S/C23H22N4O3S2/c1-16-8-13-20(24-14-16)21-15-31-23(25-21)26-22(28)17-9-11-19(12-10-17)32(29,30)27(2)18-6-4-3-5-7-18/h3-7,9-16H,8H2,1-2H3,(H,25,26,28). The Hall–Kier alpha value is -3.30. The Morgan fingerprint density at radius 1 is 1.12 bits per heavy atom. The summed E-state index contributed by atoms with van der Waals surface area (Å²) >= 11 is 1.32. The molecule has 0 fully saturated rings. The Kier molecular flexibility index (Phi) is 6.20. The number of para-hydroxylation sites is 1. The van der Waals surface area contributed by atoms with Gasteiger partial charge in [-0.3, -0.25) is 19.4 Å². The number of hydrogen-bond acceptors (Lipinski definition) is 6. The Bertz CT molecular complexity index is 1280. The van der Waals surface area contributed by atoms with E-state index < -0.39 is 10.0 Å². The molecule has 1 amide bonds. The third kappa shape index (κ3) is 4.63. The minimum atomic E-state index is -3.73. The quantitative estimate of drug-likeness (QED) is 0.571. The van der Waals surface area contributed by atoms with Gasteiger partial charge in [-0.1, -0.05) is 31.2 Å². The average Bonchev–Trinajstić information content (AvgIpc) is 3.28. The monoisotopic (exact) mass is 466 g/mol. The zero-order valence-corrected chi connectivity index (χ0v) is 19.2. The molecule has 0 saturated heterocycles. The van der Waals surface area contributed by atoms with Crippen LogP contribution in [-0.4, -0.2) is 32.6 Å². The molecule has 1 N–H and O–H groups in total. The minimum absolute atomic E-state index is 0.105. The van der Waals surface area contributed by atoms with Gasteiger partial charge in [-0.15, -0.1) is 11.3 Å². The van der Waals surface area contributed by atoms with E-state index >= 15 is 0 Å². The fourth-order valence-corrected chi connectivity index (χ4v) is 5.02. The first kappa shape index (κ1) is 21.9. The molecule has 32 heavy (non-hydrogen) atoms. The molecule has 1 atom stereocenters. The molecule has 1 aromatic heterocycles. The van der Waals surface area contributed by atoms with Crippen LogP contribution in [0.2, 0.25) is 0 Å². The van der Waals surface area contributed by atoms with E-state index in [-0.39, 0.29) is 10.8 Å². The van der Waals surface area contributed by atoms with Crippen molar-refractivity contribution >= 4 is 50.0 Å². The van der Waals surface area contributed by atoms with E-state index in [1.54, 1.807) is 24.3 Å². The summed E-state index contributed by atoms with van der Waals surface area (Å²) in [4.78, 5) is 21.6. The Morgan fingerprint density at radius 2 is 1.84 bits per heavy atom. The van der Waals surface area contributed by atoms with Gasteiger partial charge in [-0.25, -0.2) is 13.4 Å². The van der Waals surface area contributed by atoms with Crippen LogP contribution in [0.25, 0.3) is 5.70 Å². The highest BCUT2D eigenvalue weighted by molar-refractivity contribution is 7.92. The van der Waals surface area contributed by atoms with Gasteiger partial charge in [0.2, 0.25) is 0 Å². The van der Waals surface area contributed by atoms with E-state index in [0.29, 0.717) is 22.3 Å².